The van der Waals surface area contributed by atoms with Gasteiger partial charge >= 0.3 is 0 Å². The molecular formula is C15H26N2S. The molecule has 2 nitrogen and oxygen atoms in total. The van der Waals surface area contributed by atoms with Crippen LogP contribution in [-0.4, -0.2) is 30.6 Å². The Labute approximate surface area is 115 Å². The Morgan fingerprint density at radius 2 is 2.11 bits per heavy atom. The Balaban J connectivity index is 2.23. The van der Waals surface area contributed by atoms with Crippen LogP contribution in [0.5, 0.6) is 0 Å². The van der Waals surface area contributed by atoms with Crippen LogP contribution in [0.2, 0.25) is 0 Å². The molecule has 1 saturated heterocycles. The molecule has 0 saturated carbocycles. The van der Waals surface area contributed by atoms with Crippen LogP contribution in [0.3, 0.4) is 0 Å². The highest BCUT2D eigenvalue weighted by atomic mass is 32.1. The molecule has 0 radical (unpaired) electrons. The lowest BCUT2D eigenvalue weighted by Crippen LogP contribution is -2.55. The van der Waals surface area contributed by atoms with Crippen molar-refractivity contribution in [3.05, 3.63) is 22.4 Å². The van der Waals surface area contributed by atoms with E-state index in [1.165, 1.54) is 44.3 Å². The monoisotopic (exact) mass is 266 g/mol. The topological polar surface area (TPSA) is 15.3 Å². The van der Waals surface area contributed by atoms with Gasteiger partial charge in [0.25, 0.3) is 0 Å². The summed E-state index contributed by atoms with van der Waals surface area (Å²) in [5.41, 5.74) is 1.67. The molecule has 0 aliphatic carbocycles. The Bertz CT molecular complexity index is 343. The molecule has 102 valence electrons. The molecule has 2 rings (SSSR count). The number of hydrogen-bond donors (Lipinski definition) is 1. The second-order valence-electron chi connectivity index (χ2n) is 5.54. The first kappa shape index (κ1) is 14.0. The van der Waals surface area contributed by atoms with E-state index in [-0.39, 0.29) is 5.54 Å². The smallest absolute Gasteiger partial charge is 0.0510 e. The number of nitrogens with zero attached hydrogens (tertiary/aromatic N) is 1. The largest absolute Gasteiger partial charge is 0.311 e. The van der Waals surface area contributed by atoms with Crippen LogP contribution in [-0.2, 0) is 0 Å². The van der Waals surface area contributed by atoms with Gasteiger partial charge < -0.3 is 5.32 Å². The molecule has 2 unspecified atom stereocenters. The first-order valence-corrected chi connectivity index (χ1v) is 8.11. The molecule has 1 aromatic heterocycles. The highest BCUT2D eigenvalue weighted by Crippen LogP contribution is 2.36. The maximum atomic E-state index is 3.56. The molecular weight excluding hydrogens is 240 g/mol. The van der Waals surface area contributed by atoms with Gasteiger partial charge in [-0.15, -0.1) is 0 Å². The van der Waals surface area contributed by atoms with Gasteiger partial charge in [-0.05, 0) is 68.7 Å². The Hall–Kier alpha value is -0.380. The van der Waals surface area contributed by atoms with Crippen molar-refractivity contribution < 1.29 is 0 Å². The second-order valence-corrected chi connectivity index (χ2v) is 6.32. The number of hydrogen-bond acceptors (Lipinski definition) is 3. The summed E-state index contributed by atoms with van der Waals surface area (Å²) in [6.07, 6.45) is 5.30. The van der Waals surface area contributed by atoms with E-state index in [1.54, 1.807) is 11.3 Å². The predicted octanol–water partition coefficient (Wildman–Crippen LogP) is 3.66. The summed E-state index contributed by atoms with van der Waals surface area (Å²) in [4.78, 5) is 2.70. The minimum atomic E-state index is 0.232. The summed E-state index contributed by atoms with van der Waals surface area (Å²) >= 11 is 1.80. The summed E-state index contributed by atoms with van der Waals surface area (Å²) in [6.45, 7) is 7.27. The minimum Gasteiger partial charge on any atom is -0.311 e. The van der Waals surface area contributed by atoms with Crippen molar-refractivity contribution in [3.63, 3.8) is 0 Å². The molecule has 3 heteroatoms. The zero-order chi connectivity index (χ0) is 13.0. The summed E-state index contributed by atoms with van der Waals surface area (Å²) in [5.74, 6) is 0. The van der Waals surface area contributed by atoms with E-state index in [2.05, 4.69) is 47.9 Å². The van der Waals surface area contributed by atoms with Gasteiger partial charge in [-0.3, -0.25) is 4.90 Å². The fourth-order valence-corrected chi connectivity index (χ4v) is 3.98. The molecule has 1 fully saturated rings. The summed E-state index contributed by atoms with van der Waals surface area (Å²) in [5, 5.41) is 8.04. The van der Waals surface area contributed by atoms with Gasteiger partial charge in [0.15, 0.2) is 0 Å². The van der Waals surface area contributed by atoms with E-state index >= 15 is 0 Å². The third kappa shape index (κ3) is 2.63. The van der Waals surface area contributed by atoms with E-state index in [4.69, 9.17) is 0 Å². The lowest BCUT2D eigenvalue weighted by molar-refractivity contribution is 0.0449. The van der Waals surface area contributed by atoms with Gasteiger partial charge in [0.1, 0.15) is 0 Å². The quantitative estimate of drug-likeness (QED) is 0.875. The first-order chi connectivity index (χ1) is 8.72. The standard InChI is InChI=1S/C15H26N2S/c1-4-15(2,17-9-6-5-7-10-17)14(16-3)13-8-11-18-12-13/h8,11-12,14,16H,4-7,9-10H2,1-3H3. The molecule has 18 heavy (non-hydrogen) atoms. The number of likely N-dealkylation sites (N-methyl/N-ethyl adjacent to an activating group) is 1. The normalized spacial score (nSPS) is 22.6. The van der Waals surface area contributed by atoms with Gasteiger partial charge in [-0.25, -0.2) is 0 Å². The van der Waals surface area contributed by atoms with Crippen LogP contribution < -0.4 is 5.32 Å². The first-order valence-electron chi connectivity index (χ1n) is 7.16. The Morgan fingerprint density at radius 1 is 1.39 bits per heavy atom. The second kappa shape index (κ2) is 6.18. The Kier molecular flexibility index (Phi) is 4.82. The van der Waals surface area contributed by atoms with Crippen molar-refractivity contribution >= 4 is 11.3 Å². The van der Waals surface area contributed by atoms with Gasteiger partial charge in [-0.1, -0.05) is 13.3 Å². The molecule has 1 aromatic rings. The highest BCUT2D eigenvalue weighted by Gasteiger charge is 2.38. The van der Waals surface area contributed by atoms with E-state index in [9.17, 15) is 0 Å². The summed E-state index contributed by atoms with van der Waals surface area (Å²) in [7, 11) is 2.10. The van der Waals surface area contributed by atoms with E-state index in [1.807, 2.05) is 0 Å². The van der Waals surface area contributed by atoms with Gasteiger partial charge in [0.2, 0.25) is 0 Å². The van der Waals surface area contributed by atoms with Crippen LogP contribution in [0.15, 0.2) is 16.8 Å². The maximum Gasteiger partial charge on any atom is 0.0510 e. The molecule has 1 N–H and O–H groups in total. The molecule has 0 amide bonds. The van der Waals surface area contributed by atoms with Crippen LogP contribution in [0.1, 0.15) is 51.1 Å². The number of thiophene rings is 1. The van der Waals surface area contributed by atoms with Gasteiger partial charge in [-0.2, -0.15) is 11.3 Å². The molecule has 2 atom stereocenters. The third-order valence-electron chi connectivity index (χ3n) is 4.58. The van der Waals surface area contributed by atoms with E-state index < -0.39 is 0 Å². The zero-order valence-electron chi connectivity index (χ0n) is 11.9. The SMILES string of the molecule is CCC(C)(C(NC)c1ccsc1)N1CCCCC1. The number of nitrogens with one attached hydrogen (secondary N) is 1. The number of piperidine rings is 1. The molecule has 1 aliphatic heterocycles. The molecule has 0 aromatic carbocycles. The van der Waals surface area contributed by atoms with Crippen molar-refractivity contribution in [1.82, 2.24) is 10.2 Å². The van der Waals surface area contributed by atoms with Crippen molar-refractivity contribution in [2.75, 3.05) is 20.1 Å². The predicted molar refractivity (Wildman–Crippen MR) is 80.2 cm³/mol. The fraction of sp³-hybridized carbons (Fsp3) is 0.733. The fourth-order valence-electron chi connectivity index (χ4n) is 3.29. The summed E-state index contributed by atoms with van der Waals surface area (Å²) < 4.78 is 0. The van der Waals surface area contributed by atoms with E-state index in [0.717, 1.165) is 0 Å². The Morgan fingerprint density at radius 3 is 2.61 bits per heavy atom. The third-order valence-corrected chi connectivity index (χ3v) is 5.28. The lowest BCUT2D eigenvalue weighted by Gasteiger charge is -2.48. The van der Waals surface area contributed by atoms with Gasteiger partial charge in [0, 0.05) is 5.54 Å². The molecule has 2 heterocycles. The average molecular weight is 266 g/mol. The number of rotatable bonds is 5. The molecule has 0 bridgehead atoms. The van der Waals surface area contributed by atoms with Crippen LogP contribution in [0.4, 0.5) is 0 Å². The van der Waals surface area contributed by atoms with Gasteiger partial charge in [0.05, 0.1) is 6.04 Å². The lowest BCUT2D eigenvalue weighted by atomic mass is 9.82. The van der Waals surface area contributed by atoms with Crippen LogP contribution in [0.25, 0.3) is 0 Å². The van der Waals surface area contributed by atoms with E-state index in [0.29, 0.717) is 6.04 Å². The highest BCUT2D eigenvalue weighted by molar-refractivity contribution is 7.07. The average Bonchev–Trinajstić information content (AvgIpc) is 2.94. The van der Waals surface area contributed by atoms with Crippen molar-refractivity contribution in [2.45, 2.75) is 51.1 Å². The molecule has 1 aliphatic rings. The van der Waals surface area contributed by atoms with Crippen molar-refractivity contribution in [3.8, 4) is 0 Å². The summed E-state index contributed by atoms with van der Waals surface area (Å²) in [6, 6.07) is 2.70. The zero-order valence-corrected chi connectivity index (χ0v) is 12.7. The van der Waals surface area contributed by atoms with Crippen LogP contribution in [0, 0.1) is 0 Å². The van der Waals surface area contributed by atoms with Crippen molar-refractivity contribution in [2.24, 2.45) is 0 Å². The maximum absolute atomic E-state index is 3.56. The molecule has 0 spiro atoms. The van der Waals surface area contributed by atoms with Crippen molar-refractivity contribution in [1.29, 1.82) is 0 Å². The number of likely N-dealkylation sites (tertiary alicyclic amines) is 1. The van der Waals surface area contributed by atoms with Crippen LogP contribution >= 0.6 is 11.3 Å². The minimum absolute atomic E-state index is 0.232.